The van der Waals surface area contributed by atoms with Crippen LogP contribution >= 0.6 is 0 Å². The number of hydrogen-bond donors (Lipinski definition) is 2. The fraction of sp³-hybridized carbons (Fsp3) is 0.0625. The van der Waals surface area contributed by atoms with Crippen molar-refractivity contribution in [3.05, 3.63) is 59.4 Å². The minimum Gasteiger partial charge on any atom is -0.478 e. The van der Waals surface area contributed by atoms with E-state index in [2.05, 4.69) is 4.98 Å². The molecule has 22 heavy (non-hydrogen) atoms. The van der Waals surface area contributed by atoms with Crippen molar-refractivity contribution < 1.29 is 19.8 Å². The van der Waals surface area contributed by atoms with Gasteiger partial charge in [-0.15, -0.1) is 0 Å². The Morgan fingerprint density at radius 1 is 1.09 bits per heavy atom. The number of aromatic nitrogens is 2. The van der Waals surface area contributed by atoms with E-state index in [9.17, 15) is 14.7 Å². The Balaban J connectivity index is 2.35. The second-order valence-corrected chi connectivity index (χ2v) is 4.88. The number of carboxylic acid groups (broad SMARTS) is 2. The molecule has 0 spiro atoms. The molecule has 1 aromatic carbocycles. The van der Waals surface area contributed by atoms with Crippen LogP contribution in [0.4, 0.5) is 0 Å². The molecule has 0 atom stereocenters. The average Bonchev–Trinajstić information content (AvgIpc) is 2.86. The molecule has 0 aliphatic rings. The molecule has 0 radical (unpaired) electrons. The van der Waals surface area contributed by atoms with Crippen LogP contribution in [-0.4, -0.2) is 31.5 Å². The molecule has 0 aliphatic heterocycles. The molecule has 0 fully saturated rings. The molecule has 0 amide bonds. The maximum Gasteiger partial charge on any atom is 0.356 e. The lowest BCUT2D eigenvalue weighted by Gasteiger charge is -2.05. The van der Waals surface area contributed by atoms with Gasteiger partial charge in [-0.2, -0.15) is 0 Å². The first-order valence-electron chi connectivity index (χ1n) is 6.53. The summed E-state index contributed by atoms with van der Waals surface area (Å²) in [5.74, 6) is -1.83. The van der Waals surface area contributed by atoms with Gasteiger partial charge in [-0.05, 0) is 24.6 Å². The summed E-state index contributed by atoms with van der Waals surface area (Å²) in [5.41, 5.74) is 1.86. The zero-order valence-electron chi connectivity index (χ0n) is 11.6. The lowest BCUT2D eigenvalue weighted by atomic mass is 10.1. The number of nitrogens with zero attached hydrogens (tertiary/aromatic N) is 2. The predicted molar refractivity (Wildman–Crippen MR) is 79.3 cm³/mol. The van der Waals surface area contributed by atoms with Crippen LogP contribution in [0, 0.1) is 6.92 Å². The molecule has 0 unspecified atom stereocenters. The maximum atomic E-state index is 11.4. The highest BCUT2D eigenvalue weighted by atomic mass is 16.4. The van der Waals surface area contributed by atoms with Gasteiger partial charge >= 0.3 is 11.9 Å². The van der Waals surface area contributed by atoms with Crippen LogP contribution in [0.3, 0.4) is 0 Å². The normalized spacial score (nSPS) is 10.8. The molecular formula is C16H12N2O4. The topological polar surface area (TPSA) is 91.9 Å². The van der Waals surface area contributed by atoms with E-state index in [4.69, 9.17) is 5.11 Å². The number of fused-ring (bicyclic) bond motifs is 1. The van der Waals surface area contributed by atoms with Crippen LogP contribution in [0.2, 0.25) is 0 Å². The zero-order valence-corrected chi connectivity index (χ0v) is 11.6. The fourth-order valence-corrected chi connectivity index (χ4v) is 2.39. The summed E-state index contributed by atoms with van der Waals surface area (Å²) < 4.78 is 1.60. The Labute approximate surface area is 125 Å². The molecular weight excluding hydrogens is 284 g/mol. The van der Waals surface area contributed by atoms with Crippen LogP contribution in [-0.2, 0) is 0 Å². The minimum absolute atomic E-state index is 0.0197. The summed E-state index contributed by atoms with van der Waals surface area (Å²) >= 11 is 0. The molecule has 0 aliphatic carbocycles. The lowest BCUT2D eigenvalue weighted by Crippen LogP contribution is -2.00. The molecule has 110 valence electrons. The van der Waals surface area contributed by atoms with Crippen LogP contribution in [0.15, 0.2) is 42.6 Å². The first-order valence-corrected chi connectivity index (χ1v) is 6.53. The third-order valence-electron chi connectivity index (χ3n) is 3.48. The fourth-order valence-electron chi connectivity index (χ4n) is 2.39. The summed E-state index contributed by atoms with van der Waals surface area (Å²) in [6, 6.07) is 10.2. The zero-order chi connectivity index (χ0) is 15.9. The van der Waals surface area contributed by atoms with E-state index in [0.29, 0.717) is 5.82 Å². The summed E-state index contributed by atoms with van der Waals surface area (Å²) in [6.45, 7) is 1.91. The smallest absolute Gasteiger partial charge is 0.356 e. The van der Waals surface area contributed by atoms with Gasteiger partial charge in [0.05, 0.1) is 11.1 Å². The highest BCUT2D eigenvalue weighted by Gasteiger charge is 2.19. The number of aromatic carboxylic acids is 2. The maximum absolute atomic E-state index is 11.4. The van der Waals surface area contributed by atoms with Gasteiger partial charge in [0.25, 0.3) is 0 Å². The third kappa shape index (κ3) is 2.10. The van der Waals surface area contributed by atoms with E-state index < -0.39 is 11.9 Å². The monoisotopic (exact) mass is 296 g/mol. The average molecular weight is 296 g/mol. The first-order chi connectivity index (χ1) is 10.5. The number of rotatable bonds is 3. The second-order valence-electron chi connectivity index (χ2n) is 4.88. The highest BCUT2D eigenvalue weighted by Crippen LogP contribution is 2.26. The minimum atomic E-state index is -1.19. The van der Waals surface area contributed by atoms with Crippen molar-refractivity contribution in [2.45, 2.75) is 6.92 Å². The number of aryl methyl sites for hydroxylation is 1. The molecule has 0 saturated carbocycles. The Kier molecular flexibility index (Phi) is 3.14. The van der Waals surface area contributed by atoms with Gasteiger partial charge in [0.1, 0.15) is 5.82 Å². The molecule has 3 aromatic rings. The number of hydrogen-bond acceptors (Lipinski definition) is 3. The summed E-state index contributed by atoms with van der Waals surface area (Å²) in [4.78, 5) is 26.7. The van der Waals surface area contributed by atoms with Crippen molar-refractivity contribution in [2.75, 3.05) is 0 Å². The van der Waals surface area contributed by atoms with E-state index in [-0.39, 0.29) is 16.8 Å². The van der Waals surface area contributed by atoms with E-state index >= 15 is 0 Å². The number of benzene rings is 1. The van der Waals surface area contributed by atoms with E-state index in [1.165, 1.54) is 18.3 Å². The van der Waals surface area contributed by atoms with Crippen molar-refractivity contribution in [3.8, 4) is 11.4 Å². The molecule has 0 saturated heterocycles. The number of pyridine rings is 1. The number of carbonyl (C=O) groups is 2. The summed E-state index contributed by atoms with van der Waals surface area (Å²) in [7, 11) is 0. The van der Waals surface area contributed by atoms with Crippen LogP contribution < -0.4 is 0 Å². The summed E-state index contributed by atoms with van der Waals surface area (Å²) in [6.07, 6.45) is 1.53. The van der Waals surface area contributed by atoms with Gasteiger partial charge in [-0.1, -0.05) is 24.3 Å². The Morgan fingerprint density at radius 2 is 1.82 bits per heavy atom. The van der Waals surface area contributed by atoms with Crippen LogP contribution in [0.1, 0.15) is 26.4 Å². The first kappa shape index (κ1) is 13.8. The van der Waals surface area contributed by atoms with Gasteiger partial charge in [0, 0.05) is 11.8 Å². The largest absolute Gasteiger partial charge is 0.478 e. The van der Waals surface area contributed by atoms with Crippen molar-refractivity contribution in [1.82, 2.24) is 9.38 Å². The molecule has 6 nitrogen and oxygen atoms in total. The van der Waals surface area contributed by atoms with Crippen LogP contribution in [0.5, 0.6) is 0 Å². The molecule has 2 N–H and O–H groups in total. The molecule has 3 rings (SSSR count). The van der Waals surface area contributed by atoms with Crippen molar-refractivity contribution in [2.24, 2.45) is 0 Å². The SMILES string of the molecule is Cc1ccccc1-c1nc(C(=O)O)c2cc(C(=O)O)ccn12. The standard InChI is InChI=1S/C16H12N2O4/c1-9-4-2-3-5-11(9)14-17-13(16(21)22)12-8-10(15(19)20)6-7-18(12)14/h2-8H,1H3,(H,19,20)(H,21,22). The molecule has 2 aromatic heterocycles. The Morgan fingerprint density at radius 3 is 2.45 bits per heavy atom. The predicted octanol–water partition coefficient (Wildman–Crippen LogP) is 2.71. The Bertz CT molecular complexity index is 912. The quantitative estimate of drug-likeness (QED) is 0.775. The van der Waals surface area contributed by atoms with Gasteiger partial charge in [-0.25, -0.2) is 14.6 Å². The summed E-state index contributed by atoms with van der Waals surface area (Å²) in [5, 5.41) is 18.4. The van der Waals surface area contributed by atoms with Gasteiger partial charge < -0.3 is 10.2 Å². The third-order valence-corrected chi connectivity index (χ3v) is 3.48. The Hall–Kier alpha value is -3.15. The van der Waals surface area contributed by atoms with E-state index in [0.717, 1.165) is 11.1 Å². The van der Waals surface area contributed by atoms with E-state index in [1.54, 1.807) is 4.40 Å². The van der Waals surface area contributed by atoms with Crippen molar-refractivity contribution in [1.29, 1.82) is 0 Å². The number of carboxylic acids is 2. The van der Waals surface area contributed by atoms with Gasteiger partial charge in [0.2, 0.25) is 0 Å². The van der Waals surface area contributed by atoms with Crippen molar-refractivity contribution in [3.63, 3.8) is 0 Å². The molecule has 6 heteroatoms. The van der Waals surface area contributed by atoms with Gasteiger partial charge in [0.15, 0.2) is 5.69 Å². The van der Waals surface area contributed by atoms with Gasteiger partial charge in [-0.3, -0.25) is 4.40 Å². The number of imidazole rings is 1. The second kappa shape index (κ2) is 5.00. The van der Waals surface area contributed by atoms with Crippen molar-refractivity contribution >= 4 is 17.5 Å². The lowest BCUT2D eigenvalue weighted by molar-refractivity contribution is 0.0682. The van der Waals surface area contributed by atoms with Crippen LogP contribution in [0.25, 0.3) is 16.9 Å². The molecule has 2 heterocycles. The molecule has 0 bridgehead atoms. The van der Waals surface area contributed by atoms with E-state index in [1.807, 2.05) is 31.2 Å². The highest BCUT2D eigenvalue weighted by molar-refractivity contribution is 5.97.